The second-order valence-electron chi connectivity index (χ2n) is 7.12. The Morgan fingerprint density at radius 3 is 2.60 bits per heavy atom. The number of thiazole rings is 1. The van der Waals surface area contributed by atoms with Gasteiger partial charge in [-0.05, 0) is 28.9 Å². The van der Waals surface area contributed by atoms with Gasteiger partial charge in [0.25, 0.3) is 0 Å². The minimum absolute atomic E-state index is 0.0985. The number of pyridine rings is 1. The van der Waals surface area contributed by atoms with E-state index >= 15 is 0 Å². The first-order valence-corrected chi connectivity index (χ1v) is 10.9. The van der Waals surface area contributed by atoms with Crippen molar-refractivity contribution in [1.29, 1.82) is 0 Å². The zero-order valence-corrected chi connectivity index (χ0v) is 17.4. The van der Waals surface area contributed by atoms with Gasteiger partial charge in [0.1, 0.15) is 0 Å². The summed E-state index contributed by atoms with van der Waals surface area (Å²) >= 11 is 1.63. The van der Waals surface area contributed by atoms with Gasteiger partial charge in [-0.25, -0.2) is 4.98 Å². The molecule has 30 heavy (non-hydrogen) atoms. The Balaban J connectivity index is 1.18. The lowest BCUT2D eigenvalue weighted by molar-refractivity contribution is -0.389. The Bertz CT molecular complexity index is 972. The van der Waals surface area contributed by atoms with Gasteiger partial charge in [0, 0.05) is 55.8 Å². The highest BCUT2D eigenvalue weighted by molar-refractivity contribution is 7.14. The van der Waals surface area contributed by atoms with E-state index in [2.05, 4.69) is 42.6 Å². The fourth-order valence-electron chi connectivity index (χ4n) is 3.48. The van der Waals surface area contributed by atoms with Gasteiger partial charge in [0.15, 0.2) is 5.13 Å². The molecule has 1 aliphatic heterocycles. The molecule has 3 aromatic rings. The Morgan fingerprint density at radius 1 is 1.03 bits per heavy atom. The third-order valence-electron chi connectivity index (χ3n) is 5.10. The molecule has 0 spiro atoms. The van der Waals surface area contributed by atoms with Gasteiger partial charge < -0.3 is 20.3 Å². The molecule has 0 unspecified atom stereocenters. The Labute approximate surface area is 179 Å². The Kier molecular flexibility index (Phi) is 6.50. The van der Waals surface area contributed by atoms with Gasteiger partial charge >= 0.3 is 5.82 Å². The maximum atomic E-state index is 10.9. The van der Waals surface area contributed by atoms with Crippen molar-refractivity contribution >= 4 is 28.1 Å². The van der Waals surface area contributed by atoms with Crippen molar-refractivity contribution in [2.45, 2.75) is 6.42 Å². The van der Waals surface area contributed by atoms with Crippen LogP contribution in [0.15, 0.2) is 53.9 Å². The zero-order valence-electron chi connectivity index (χ0n) is 16.6. The third kappa shape index (κ3) is 5.11. The summed E-state index contributed by atoms with van der Waals surface area (Å²) in [5.41, 5.74) is 2.15. The molecule has 156 valence electrons. The minimum atomic E-state index is -0.446. The van der Waals surface area contributed by atoms with E-state index < -0.39 is 4.92 Å². The quantitative estimate of drug-likeness (QED) is 0.335. The largest absolute Gasteiger partial charge is 0.365 e. The molecule has 0 atom stereocenters. The average Bonchev–Trinajstić information content (AvgIpc) is 3.27. The summed E-state index contributed by atoms with van der Waals surface area (Å²) < 4.78 is 0. The number of aromatic nitrogens is 2. The molecule has 0 saturated carbocycles. The number of rotatable bonds is 8. The van der Waals surface area contributed by atoms with Gasteiger partial charge in [-0.1, -0.05) is 30.3 Å². The molecule has 0 amide bonds. The maximum absolute atomic E-state index is 10.9. The van der Waals surface area contributed by atoms with E-state index in [1.807, 2.05) is 24.3 Å². The number of anilines is 2. The van der Waals surface area contributed by atoms with Crippen molar-refractivity contribution in [1.82, 2.24) is 14.9 Å². The predicted molar refractivity (Wildman–Crippen MR) is 120 cm³/mol. The molecule has 3 heterocycles. The number of hydrogen-bond donors (Lipinski definition) is 1. The van der Waals surface area contributed by atoms with Crippen molar-refractivity contribution < 1.29 is 4.92 Å². The Morgan fingerprint density at radius 2 is 1.83 bits per heavy atom. The highest BCUT2D eigenvalue weighted by Gasteiger charge is 2.21. The molecule has 1 N–H and O–H groups in total. The first-order chi connectivity index (χ1) is 14.7. The monoisotopic (exact) mass is 424 g/mol. The molecular formula is C21H24N6O2S. The molecule has 1 aliphatic rings. The van der Waals surface area contributed by atoms with Crippen LogP contribution in [-0.2, 0) is 0 Å². The number of nitrogens with zero attached hydrogens (tertiary/aromatic N) is 5. The Hall–Kier alpha value is -3.04. The van der Waals surface area contributed by atoms with E-state index in [-0.39, 0.29) is 5.82 Å². The van der Waals surface area contributed by atoms with Crippen LogP contribution in [0.1, 0.15) is 6.42 Å². The SMILES string of the molecule is O=[N+]([O-])c1cccc(N2CCN(CCCNc3nc(-c4ccccc4)cs3)CC2)n1. The molecule has 1 aromatic carbocycles. The highest BCUT2D eigenvalue weighted by Crippen LogP contribution is 2.24. The van der Waals surface area contributed by atoms with Crippen LogP contribution in [0, 0.1) is 10.1 Å². The summed E-state index contributed by atoms with van der Waals surface area (Å²) in [5.74, 6) is 0.585. The van der Waals surface area contributed by atoms with Crippen molar-refractivity contribution in [3.8, 4) is 11.3 Å². The van der Waals surface area contributed by atoms with Crippen molar-refractivity contribution in [2.75, 3.05) is 49.5 Å². The molecule has 0 radical (unpaired) electrons. The summed E-state index contributed by atoms with van der Waals surface area (Å²) in [5, 5.41) is 17.4. The third-order valence-corrected chi connectivity index (χ3v) is 5.90. The lowest BCUT2D eigenvalue weighted by Gasteiger charge is -2.34. The zero-order chi connectivity index (χ0) is 20.8. The van der Waals surface area contributed by atoms with Crippen LogP contribution in [0.2, 0.25) is 0 Å². The molecule has 0 aliphatic carbocycles. The van der Waals surface area contributed by atoms with Crippen LogP contribution in [0.4, 0.5) is 16.8 Å². The van der Waals surface area contributed by atoms with Crippen LogP contribution < -0.4 is 10.2 Å². The summed E-state index contributed by atoms with van der Waals surface area (Å²) in [6.07, 6.45) is 1.04. The first kappa shape index (κ1) is 20.2. The normalized spacial score (nSPS) is 14.6. The van der Waals surface area contributed by atoms with E-state index in [0.29, 0.717) is 5.82 Å². The number of piperazine rings is 1. The highest BCUT2D eigenvalue weighted by atomic mass is 32.1. The summed E-state index contributed by atoms with van der Waals surface area (Å²) in [6, 6.07) is 15.2. The topological polar surface area (TPSA) is 87.4 Å². The second kappa shape index (κ2) is 9.64. The first-order valence-electron chi connectivity index (χ1n) is 10.0. The van der Waals surface area contributed by atoms with Crippen molar-refractivity contribution in [2.24, 2.45) is 0 Å². The number of benzene rings is 1. The number of hydrogen-bond acceptors (Lipinski definition) is 8. The molecular weight excluding hydrogens is 400 g/mol. The van der Waals surface area contributed by atoms with Crippen LogP contribution in [0.3, 0.4) is 0 Å². The molecule has 1 saturated heterocycles. The predicted octanol–water partition coefficient (Wildman–Crippen LogP) is 3.74. The van der Waals surface area contributed by atoms with E-state index in [9.17, 15) is 10.1 Å². The van der Waals surface area contributed by atoms with Crippen molar-refractivity contribution in [3.63, 3.8) is 0 Å². The lowest BCUT2D eigenvalue weighted by Crippen LogP contribution is -2.47. The summed E-state index contributed by atoms with van der Waals surface area (Å²) in [7, 11) is 0. The second-order valence-corrected chi connectivity index (χ2v) is 7.98. The molecule has 1 fully saturated rings. The van der Waals surface area contributed by atoms with E-state index in [1.54, 1.807) is 17.4 Å². The van der Waals surface area contributed by atoms with E-state index in [0.717, 1.165) is 62.1 Å². The molecule has 0 bridgehead atoms. The maximum Gasteiger partial charge on any atom is 0.365 e. The molecule has 4 rings (SSSR count). The number of nitro groups is 1. The van der Waals surface area contributed by atoms with Gasteiger partial charge in [0.05, 0.1) is 5.69 Å². The van der Waals surface area contributed by atoms with Gasteiger partial charge in [-0.15, -0.1) is 11.3 Å². The van der Waals surface area contributed by atoms with Gasteiger partial charge in [-0.2, -0.15) is 0 Å². The molecule has 2 aromatic heterocycles. The summed E-state index contributed by atoms with van der Waals surface area (Å²) in [6.45, 7) is 5.41. The summed E-state index contributed by atoms with van der Waals surface area (Å²) in [4.78, 5) is 23.8. The molecule has 9 heteroatoms. The van der Waals surface area contributed by atoms with E-state index in [4.69, 9.17) is 0 Å². The van der Waals surface area contributed by atoms with Crippen LogP contribution in [0.25, 0.3) is 11.3 Å². The number of nitrogens with one attached hydrogen (secondary N) is 1. The van der Waals surface area contributed by atoms with Crippen LogP contribution >= 0.6 is 11.3 Å². The minimum Gasteiger partial charge on any atom is -0.361 e. The smallest absolute Gasteiger partial charge is 0.361 e. The fourth-order valence-corrected chi connectivity index (χ4v) is 4.23. The van der Waals surface area contributed by atoms with Crippen LogP contribution in [-0.4, -0.2) is 59.1 Å². The standard InChI is InChI=1S/C21H24N6O2S/c28-27(29)20-9-4-8-19(24-20)26-14-12-25(13-15-26)11-5-10-22-21-23-18(16-30-21)17-6-2-1-3-7-17/h1-4,6-9,16H,5,10-15H2,(H,22,23). The van der Waals surface area contributed by atoms with Gasteiger partial charge in [0.2, 0.25) is 5.82 Å². The van der Waals surface area contributed by atoms with Gasteiger partial charge in [-0.3, -0.25) is 4.90 Å². The molecule has 8 nitrogen and oxygen atoms in total. The lowest BCUT2D eigenvalue weighted by atomic mass is 10.2. The fraction of sp³-hybridized carbons (Fsp3) is 0.333. The van der Waals surface area contributed by atoms with Crippen molar-refractivity contribution in [3.05, 3.63) is 64.0 Å². The van der Waals surface area contributed by atoms with E-state index in [1.165, 1.54) is 6.07 Å². The average molecular weight is 425 g/mol. The van der Waals surface area contributed by atoms with Crippen LogP contribution in [0.5, 0.6) is 0 Å².